The van der Waals surface area contributed by atoms with Crippen molar-refractivity contribution < 1.29 is 9.13 Å². The van der Waals surface area contributed by atoms with Crippen LogP contribution >= 0.6 is 0 Å². The molecule has 0 aliphatic carbocycles. The molecule has 1 N–H and O–H groups in total. The van der Waals surface area contributed by atoms with Gasteiger partial charge in [-0.15, -0.1) is 0 Å². The zero-order valence-electron chi connectivity index (χ0n) is 12.3. The fourth-order valence-electron chi connectivity index (χ4n) is 2.47. The molecule has 0 amide bonds. The minimum atomic E-state index is -0.223. The molecule has 112 valence electrons. The molecule has 20 heavy (non-hydrogen) atoms. The Morgan fingerprint density at radius 1 is 1.20 bits per heavy atom. The van der Waals surface area contributed by atoms with Gasteiger partial charge in [0.05, 0.1) is 6.61 Å². The zero-order valence-corrected chi connectivity index (χ0v) is 12.3. The van der Waals surface area contributed by atoms with Crippen LogP contribution in [-0.4, -0.2) is 44.2 Å². The van der Waals surface area contributed by atoms with Gasteiger partial charge in [-0.2, -0.15) is 0 Å². The number of halogens is 1. The van der Waals surface area contributed by atoms with Crippen LogP contribution < -0.4 is 10.1 Å². The van der Waals surface area contributed by atoms with Crippen molar-refractivity contribution in [3.8, 4) is 5.75 Å². The summed E-state index contributed by atoms with van der Waals surface area (Å²) in [5.74, 6) is 0.523. The van der Waals surface area contributed by atoms with Gasteiger partial charge in [-0.25, -0.2) is 4.39 Å². The highest BCUT2D eigenvalue weighted by Gasteiger charge is 2.15. The fraction of sp³-hybridized carbons (Fsp3) is 0.625. The summed E-state index contributed by atoms with van der Waals surface area (Å²) in [6, 6.07) is 6.89. The van der Waals surface area contributed by atoms with E-state index in [9.17, 15) is 4.39 Å². The van der Waals surface area contributed by atoms with Crippen molar-refractivity contribution in [2.24, 2.45) is 0 Å². The van der Waals surface area contributed by atoms with E-state index in [0.717, 1.165) is 25.1 Å². The Hall–Kier alpha value is -1.13. The van der Waals surface area contributed by atoms with E-state index in [1.54, 1.807) is 12.1 Å². The Kier molecular flexibility index (Phi) is 6.27. The highest BCUT2D eigenvalue weighted by atomic mass is 19.1. The largest absolute Gasteiger partial charge is 0.494 e. The molecular weight excluding hydrogens is 255 g/mol. The van der Waals surface area contributed by atoms with Gasteiger partial charge >= 0.3 is 0 Å². The van der Waals surface area contributed by atoms with Crippen molar-refractivity contribution in [1.29, 1.82) is 0 Å². The minimum Gasteiger partial charge on any atom is -0.494 e. The van der Waals surface area contributed by atoms with Crippen LogP contribution in [0.1, 0.15) is 25.7 Å². The van der Waals surface area contributed by atoms with Gasteiger partial charge in [-0.1, -0.05) is 0 Å². The van der Waals surface area contributed by atoms with Gasteiger partial charge in [0.1, 0.15) is 11.6 Å². The molecule has 0 saturated carbocycles. The quantitative estimate of drug-likeness (QED) is 0.777. The van der Waals surface area contributed by atoms with Crippen molar-refractivity contribution in [3.05, 3.63) is 30.1 Å². The van der Waals surface area contributed by atoms with E-state index >= 15 is 0 Å². The van der Waals surface area contributed by atoms with Crippen LogP contribution in [0.3, 0.4) is 0 Å². The van der Waals surface area contributed by atoms with E-state index in [1.807, 2.05) is 0 Å². The van der Waals surface area contributed by atoms with Crippen LogP contribution in [0.4, 0.5) is 4.39 Å². The molecule has 1 aromatic carbocycles. The first-order chi connectivity index (χ1) is 9.74. The van der Waals surface area contributed by atoms with Crippen molar-refractivity contribution in [3.63, 3.8) is 0 Å². The topological polar surface area (TPSA) is 24.5 Å². The van der Waals surface area contributed by atoms with Crippen LogP contribution in [0.5, 0.6) is 5.75 Å². The maximum Gasteiger partial charge on any atom is 0.123 e. The van der Waals surface area contributed by atoms with E-state index in [0.29, 0.717) is 12.6 Å². The first-order valence-electron chi connectivity index (χ1n) is 7.54. The summed E-state index contributed by atoms with van der Waals surface area (Å²) in [5.41, 5.74) is 0. The summed E-state index contributed by atoms with van der Waals surface area (Å²) >= 11 is 0. The number of likely N-dealkylation sites (tertiary alicyclic amines) is 1. The molecular formula is C16H25FN2O. The van der Waals surface area contributed by atoms with Crippen LogP contribution in [0.2, 0.25) is 0 Å². The molecule has 4 heteroatoms. The molecule has 0 aromatic heterocycles. The molecule has 1 aromatic rings. The number of unbranched alkanes of at least 4 members (excludes halogenated alkanes) is 1. The van der Waals surface area contributed by atoms with Crippen LogP contribution in [0.25, 0.3) is 0 Å². The molecule has 0 spiro atoms. The molecule has 1 heterocycles. The van der Waals surface area contributed by atoms with Crippen LogP contribution in [0.15, 0.2) is 24.3 Å². The third-order valence-electron chi connectivity index (χ3n) is 3.81. The SMILES string of the molecule is CN1CCC(NCCCCOc2ccc(F)cc2)CC1. The number of nitrogens with zero attached hydrogens (tertiary/aromatic N) is 1. The monoisotopic (exact) mass is 280 g/mol. The Balaban J connectivity index is 1.48. The Bertz CT molecular complexity index is 375. The number of piperidine rings is 1. The Morgan fingerprint density at radius 2 is 1.90 bits per heavy atom. The molecule has 2 rings (SSSR count). The predicted octanol–water partition coefficient (Wildman–Crippen LogP) is 2.67. The average Bonchev–Trinajstić information content (AvgIpc) is 2.46. The molecule has 0 atom stereocenters. The molecule has 1 saturated heterocycles. The van der Waals surface area contributed by atoms with E-state index in [1.165, 1.54) is 38.1 Å². The van der Waals surface area contributed by atoms with Gasteiger partial charge in [-0.05, 0) is 76.6 Å². The van der Waals surface area contributed by atoms with Crippen LogP contribution in [0, 0.1) is 5.82 Å². The van der Waals surface area contributed by atoms with E-state index in [-0.39, 0.29) is 5.82 Å². The van der Waals surface area contributed by atoms with Crippen molar-refractivity contribution in [2.45, 2.75) is 31.7 Å². The smallest absolute Gasteiger partial charge is 0.123 e. The summed E-state index contributed by atoms with van der Waals surface area (Å²) in [6.07, 6.45) is 4.65. The average molecular weight is 280 g/mol. The molecule has 0 unspecified atom stereocenters. The van der Waals surface area contributed by atoms with E-state index in [2.05, 4.69) is 17.3 Å². The summed E-state index contributed by atoms with van der Waals surface area (Å²) in [5, 5.41) is 3.62. The van der Waals surface area contributed by atoms with E-state index < -0.39 is 0 Å². The minimum absolute atomic E-state index is 0.223. The third kappa shape index (κ3) is 5.47. The number of hydrogen-bond acceptors (Lipinski definition) is 3. The lowest BCUT2D eigenvalue weighted by molar-refractivity contribution is 0.233. The first-order valence-corrected chi connectivity index (χ1v) is 7.54. The molecule has 1 aliphatic rings. The van der Waals surface area contributed by atoms with Gasteiger partial charge in [0.15, 0.2) is 0 Å². The summed E-state index contributed by atoms with van der Waals surface area (Å²) < 4.78 is 18.3. The zero-order chi connectivity index (χ0) is 14.2. The maximum atomic E-state index is 12.7. The van der Waals surface area contributed by atoms with Crippen molar-refractivity contribution in [1.82, 2.24) is 10.2 Å². The Labute approximate surface area is 121 Å². The highest BCUT2D eigenvalue weighted by Crippen LogP contribution is 2.11. The van der Waals surface area contributed by atoms with Gasteiger partial charge < -0.3 is 15.0 Å². The maximum absolute atomic E-state index is 12.7. The number of ether oxygens (including phenoxy) is 1. The predicted molar refractivity (Wildman–Crippen MR) is 79.7 cm³/mol. The molecule has 3 nitrogen and oxygen atoms in total. The number of rotatable bonds is 7. The number of nitrogens with one attached hydrogen (secondary N) is 1. The van der Waals surface area contributed by atoms with E-state index in [4.69, 9.17) is 4.74 Å². The molecule has 0 radical (unpaired) electrons. The van der Waals surface area contributed by atoms with Gasteiger partial charge in [0.2, 0.25) is 0 Å². The third-order valence-corrected chi connectivity index (χ3v) is 3.81. The van der Waals surface area contributed by atoms with Crippen molar-refractivity contribution >= 4 is 0 Å². The number of hydrogen-bond donors (Lipinski definition) is 1. The summed E-state index contributed by atoms with van der Waals surface area (Å²) in [7, 11) is 2.18. The summed E-state index contributed by atoms with van der Waals surface area (Å²) in [4.78, 5) is 2.38. The lowest BCUT2D eigenvalue weighted by atomic mass is 10.1. The molecule has 0 bridgehead atoms. The molecule has 1 aliphatic heterocycles. The van der Waals surface area contributed by atoms with Gasteiger partial charge in [0, 0.05) is 6.04 Å². The summed E-state index contributed by atoms with van der Waals surface area (Å²) in [6.45, 7) is 4.15. The second-order valence-corrected chi connectivity index (χ2v) is 5.54. The fourth-order valence-corrected chi connectivity index (χ4v) is 2.47. The lowest BCUT2D eigenvalue weighted by Crippen LogP contribution is -2.41. The molecule has 1 fully saturated rings. The van der Waals surface area contributed by atoms with Crippen molar-refractivity contribution in [2.75, 3.05) is 33.3 Å². The first kappa shape index (κ1) is 15.3. The second kappa shape index (κ2) is 8.22. The highest BCUT2D eigenvalue weighted by molar-refractivity contribution is 5.21. The van der Waals surface area contributed by atoms with Gasteiger partial charge in [-0.3, -0.25) is 0 Å². The standard InChI is InChI=1S/C16H25FN2O/c1-19-11-8-15(9-12-19)18-10-2-3-13-20-16-6-4-14(17)5-7-16/h4-7,15,18H,2-3,8-13H2,1H3. The normalized spacial score (nSPS) is 17.3. The number of benzene rings is 1. The second-order valence-electron chi connectivity index (χ2n) is 5.54. The van der Waals surface area contributed by atoms with Gasteiger partial charge in [0.25, 0.3) is 0 Å². The lowest BCUT2D eigenvalue weighted by Gasteiger charge is -2.29. The van der Waals surface area contributed by atoms with Crippen LogP contribution in [-0.2, 0) is 0 Å². The Morgan fingerprint density at radius 3 is 2.60 bits per heavy atom.